The van der Waals surface area contributed by atoms with Gasteiger partial charge in [0.05, 0.1) is 16.7 Å². The molecule has 1 aromatic heterocycles. The van der Waals surface area contributed by atoms with Crippen LogP contribution in [0.4, 0.5) is 5.69 Å². The molecule has 0 bridgehead atoms. The lowest BCUT2D eigenvalue weighted by atomic mass is 10.1. The van der Waals surface area contributed by atoms with Gasteiger partial charge in [0, 0.05) is 16.6 Å². The maximum Gasteiger partial charge on any atom is 0.241 e. The van der Waals surface area contributed by atoms with Gasteiger partial charge in [-0.05, 0) is 25.5 Å². The largest absolute Gasteiger partial charge is 0.325 e. The van der Waals surface area contributed by atoms with E-state index in [0.717, 1.165) is 28.4 Å². The molecule has 0 spiro atoms. The van der Waals surface area contributed by atoms with Gasteiger partial charge in [0.15, 0.2) is 0 Å². The van der Waals surface area contributed by atoms with Gasteiger partial charge in [-0.2, -0.15) is 0 Å². The Labute approximate surface area is 123 Å². The van der Waals surface area contributed by atoms with E-state index in [1.807, 2.05) is 43.5 Å². The van der Waals surface area contributed by atoms with Gasteiger partial charge in [-0.1, -0.05) is 25.5 Å². The van der Waals surface area contributed by atoms with Crippen LogP contribution in [-0.4, -0.2) is 16.9 Å². The number of carbonyl (C=O) groups excluding carboxylic acids is 1. The molecule has 2 rings (SSSR count). The Morgan fingerprint density at radius 2 is 2.10 bits per heavy atom. The lowest BCUT2D eigenvalue weighted by Crippen LogP contribution is -2.35. The summed E-state index contributed by atoms with van der Waals surface area (Å²) in [6, 6.07) is 7.22. The number of hydrogen-bond donors (Lipinski definition) is 2. The lowest BCUT2D eigenvalue weighted by Gasteiger charge is -2.11. The van der Waals surface area contributed by atoms with Crippen LogP contribution in [0, 0.1) is 6.92 Å². The molecular formula is C15H19N3OS. The minimum absolute atomic E-state index is 0.135. The van der Waals surface area contributed by atoms with Gasteiger partial charge < -0.3 is 11.1 Å². The first-order valence-electron chi connectivity index (χ1n) is 6.69. The number of benzene rings is 1. The van der Waals surface area contributed by atoms with Crippen molar-refractivity contribution in [1.29, 1.82) is 0 Å². The molecule has 4 nitrogen and oxygen atoms in total. The predicted molar refractivity (Wildman–Crippen MR) is 83.8 cm³/mol. The molecule has 0 saturated heterocycles. The smallest absolute Gasteiger partial charge is 0.241 e. The van der Waals surface area contributed by atoms with E-state index >= 15 is 0 Å². The highest BCUT2D eigenvalue weighted by molar-refractivity contribution is 7.09. The van der Waals surface area contributed by atoms with Crippen LogP contribution in [0.2, 0.25) is 0 Å². The average Bonchev–Trinajstić information content (AvgIpc) is 2.86. The molecule has 1 unspecified atom stereocenters. The summed E-state index contributed by atoms with van der Waals surface area (Å²) in [6.45, 7) is 4.00. The summed E-state index contributed by atoms with van der Waals surface area (Å²) in [7, 11) is 0. The van der Waals surface area contributed by atoms with Gasteiger partial charge in [-0.3, -0.25) is 4.79 Å². The number of thiazole rings is 1. The number of nitrogens with two attached hydrogens (primary N) is 1. The van der Waals surface area contributed by atoms with Crippen molar-refractivity contribution in [2.24, 2.45) is 5.73 Å². The van der Waals surface area contributed by atoms with E-state index in [0.29, 0.717) is 6.42 Å². The average molecular weight is 289 g/mol. The second-order valence-corrected chi connectivity index (χ2v) is 5.78. The van der Waals surface area contributed by atoms with E-state index in [-0.39, 0.29) is 5.91 Å². The molecule has 5 heteroatoms. The first-order chi connectivity index (χ1) is 9.60. The van der Waals surface area contributed by atoms with Gasteiger partial charge in [0.25, 0.3) is 0 Å². The van der Waals surface area contributed by atoms with E-state index in [4.69, 9.17) is 5.73 Å². The molecule has 3 N–H and O–H groups in total. The lowest BCUT2D eigenvalue weighted by molar-refractivity contribution is -0.117. The van der Waals surface area contributed by atoms with Gasteiger partial charge in [0.1, 0.15) is 0 Å². The number of amides is 1. The van der Waals surface area contributed by atoms with Crippen molar-refractivity contribution < 1.29 is 4.79 Å². The zero-order chi connectivity index (χ0) is 14.5. The highest BCUT2D eigenvalue weighted by atomic mass is 32.1. The number of anilines is 1. The first kappa shape index (κ1) is 14.7. The molecule has 0 radical (unpaired) electrons. The summed E-state index contributed by atoms with van der Waals surface area (Å²) in [5.74, 6) is -0.135. The zero-order valence-corrected chi connectivity index (χ0v) is 12.5. The van der Waals surface area contributed by atoms with Crippen LogP contribution in [0.1, 0.15) is 24.8 Å². The molecule has 0 aliphatic heterocycles. The number of aryl methyl sites for hydroxylation is 1. The van der Waals surface area contributed by atoms with Crippen LogP contribution < -0.4 is 11.1 Å². The second kappa shape index (κ2) is 6.63. The van der Waals surface area contributed by atoms with E-state index in [1.165, 1.54) is 0 Å². The van der Waals surface area contributed by atoms with E-state index in [2.05, 4.69) is 10.3 Å². The maximum absolute atomic E-state index is 11.8. The zero-order valence-electron chi connectivity index (χ0n) is 11.7. The number of hydrogen-bond acceptors (Lipinski definition) is 4. The number of nitrogens with zero attached hydrogens (tertiary/aromatic N) is 1. The van der Waals surface area contributed by atoms with Crippen LogP contribution in [0.15, 0.2) is 29.6 Å². The van der Waals surface area contributed by atoms with Gasteiger partial charge in [-0.15, -0.1) is 11.3 Å². The Morgan fingerprint density at radius 1 is 1.40 bits per heavy atom. The first-order valence-corrected chi connectivity index (χ1v) is 7.57. The van der Waals surface area contributed by atoms with Crippen LogP contribution >= 0.6 is 11.3 Å². The summed E-state index contributed by atoms with van der Waals surface area (Å²) in [5.41, 5.74) is 8.55. The fourth-order valence-electron chi connectivity index (χ4n) is 1.90. The molecule has 0 fully saturated rings. The SMILES string of the molecule is CCCC(N)C(=O)Nc1ccc(-c2csc(C)n2)cc1. The number of nitrogens with one attached hydrogen (secondary N) is 1. The fourth-order valence-corrected chi connectivity index (χ4v) is 2.52. The fraction of sp³-hybridized carbons (Fsp3) is 0.333. The molecule has 0 saturated carbocycles. The van der Waals surface area contributed by atoms with E-state index < -0.39 is 6.04 Å². The van der Waals surface area contributed by atoms with Crippen LogP contribution in [0.5, 0.6) is 0 Å². The van der Waals surface area contributed by atoms with Gasteiger partial charge >= 0.3 is 0 Å². The topological polar surface area (TPSA) is 68.0 Å². The van der Waals surface area contributed by atoms with Crippen LogP contribution in [-0.2, 0) is 4.79 Å². The minimum Gasteiger partial charge on any atom is -0.325 e. The van der Waals surface area contributed by atoms with E-state index in [1.54, 1.807) is 11.3 Å². The molecule has 106 valence electrons. The highest BCUT2D eigenvalue weighted by Gasteiger charge is 2.12. The molecular weight excluding hydrogens is 270 g/mol. The van der Waals surface area contributed by atoms with Crippen molar-refractivity contribution in [3.63, 3.8) is 0 Å². The van der Waals surface area contributed by atoms with Crippen molar-refractivity contribution in [1.82, 2.24) is 4.98 Å². The quantitative estimate of drug-likeness (QED) is 0.888. The number of aromatic nitrogens is 1. The highest BCUT2D eigenvalue weighted by Crippen LogP contribution is 2.23. The third-order valence-electron chi connectivity index (χ3n) is 3.00. The third-order valence-corrected chi connectivity index (χ3v) is 3.78. The second-order valence-electron chi connectivity index (χ2n) is 4.71. The van der Waals surface area contributed by atoms with Crippen LogP contribution in [0.3, 0.4) is 0 Å². The summed E-state index contributed by atoms with van der Waals surface area (Å²) in [5, 5.41) is 5.90. The number of carbonyl (C=O) groups is 1. The molecule has 0 aliphatic rings. The Balaban J connectivity index is 2.03. The third kappa shape index (κ3) is 3.65. The minimum atomic E-state index is -0.444. The standard InChI is InChI=1S/C15H19N3OS/c1-3-4-13(16)15(19)18-12-7-5-11(6-8-12)14-9-20-10(2)17-14/h5-9,13H,3-4,16H2,1-2H3,(H,18,19). The Hall–Kier alpha value is -1.72. The van der Waals surface area contributed by atoms with Crippen molar-refractivity contribution >= 4 is 22.9 Å². The molecule has 1 heterocycles. The Kier molecular flexibility index (Phi) is 4.87. The Bertz CT molecular complexity index is 577. The van der Waals surface area contributed by atoms with Crippen molar-refractivity contribution in [3.8, 4) is 11.3 Å². The summed E-state index contributed by atoms with van der Waals surface area (Å²) < 4.78 is 0. The normalized spacial score (nSPS) is 12.2. The molecule has 1 atom stereocenters. The molecule has 1 amide bonds. The summed E-state index contributed by atoms with van der Waals surface area (Å²) in [6.07, 6.45) is 1.60. The molecule has 2 aromatic rings. The van der Waals surface area contributed by atoms with Crippen molar-refractivity contribution in [2.45, 2.75) is 32.7 Å². The van der Waals surface area contributed by atoms with Crippen LogP contribution in [0.25, 0.3) is 11.3 Å². The van der Waals surface area contributed by atoms with Crippen molar-refractivity contribution in [3.05, 3.63) is 34.7 Å². The van der Waals surface area contributed by atoms with Gasteiger partial charge in [-0.25, -0.2) is 4.98 Å². The molecule has 0 aliphatic carbocycles. The van der Waals surface area contributed by atoms with Crippen molar-refractivity contribution in [2.75, 3.05) is 5.32 Å². The summed E-state index contributed by atoms with van der Waals surface area (Å²) >= 11 is 1.63. The summed E-state index contributed by atoms with van der Waals surface area (Å²) in [4.78, 5) is 16.2. The molecule has 20 heavy (non-hydrogen) atoms. The number of rotatable bonds is 5. The Morgan fingerprint density at radius 3 is 2.65 bits per heavy atom. The van der Waals surface area contributed by atoms with E-state index in [9.17, 15) is 4.79 Å². The molecule has 1 aromatic carbocycles. The maximum atomic E-state index is 11.8. The van der Waals surface area contributed by atoms with Gasteiger partial charge in [0.2, 0.25) is 5.91 Å². The monoisotopic (exact) mass is 289 g/mol. The predicted octanol–water partition coefficient (Wildman–Crippen LogP) is 3.18.